The highest BCUT2D eigenvalue weighted by Crippen LogP contribution is 2.51. The first-order valence-electron chi connectivity index (χ1n) is 22.6. The number of para-hydroxylation sites is 3. The van der Waals surface area contributed by atoms with Gasteiger partial charge in [0.15, 0.2) is 5.82 Å². The molecule has 306 valence electrons. The maximum absolute atomic E-state index is 5.59. The van der Waals surface area contributed by atoms with E-state index in [0.29, 0.717) is 0 Å². The normalized spacial score (nSPS) is 14.7. The second-order valence-corrected chi connectivity index (χ2v) is 19.3. The van der Waals surface area contributed by atoms with Crippen molar-refractivity contribution in [2.45, 2.75) is 51.4 Å². The van der Waals surface area contributed by atoms with E-state index < -0.39 is 0 Å². The third kappa shape index (κ3) is 5.42. The number of rotatable bonds is 4. The second-order valence-electron chi connectivity index (χ2n) is 19.3. The van der Waals surface area contributed by atoms with E-state index in [2.05, 4.69) is 219 Å². The van der Waals surface area contributed by atoms with Crippen molar-refractivity contribution in [1.82, 2.24) is 19.1 Å². The van der Waals surface area contributed by atoms with Crippen LogP contribution in [0.1, 0.15) is 51.7 Å². The van der Waals surface area contributed by atoms with Gasteiger partial charge in [0.05, 0.1) is 33.1 Å². The van der Waals surface area contributed by atoms with Gasteiger partial charge in [-0.25, -0.2) is 9.97 Å². The van der Waals surface area contributed by atoms with Gasteiger partial charge in [0, 0.05) is 32.8 Å². The quantitative estimate of drug-likeness (QED) is 0.177. The largest absolute Gasteiger partial charge is 0.309 e. The van der Waals surface area contributed by atoms with Gasteiger partial charge < -0.3 is 4.57 Å². The number of hydrogen-bond acceptors (Lipinski definition) is 2. The van der Waals surface area contributed by atoms with Crippen molar-refractivity contribution in [3.05, 3.63) is 193 Å². The van der Waals surface area contributed by atoms with Crippen LogP contribution in [0.5, 0.6) is 0 Å². The van der Waals surface area contributed by atoms with E-state index in [-0.39, 0.29) is 10.8 Å². The summed E-state index contributed by atoms with van der Waals surface area (Å²) in [5.74, 6) is 0.820. The van der Waals surface area contributed by atoms with Crippen LogP contribution in [-0.4, -0.2) is 19.1 Å². The lowest BCUT2D eigenvalue weighted by Crippen LogP contribution is -2.33. The summed E-state index contributed by atoms with van der Waals surface area (Å²) in [6.07, 6.45) is 2.32. The van der Waals surface area contributed by atoms with Gasteiger partial charge in [0.1, 0.15) is 5.69 Å². The molecule has 3 heterocycles. The first-order chi connectivity index (χ1) is 31.2. The summed E-state index contributed by atoms with van der Waals surface area (Å²) in [7, 11) is 0. The summed E-state index contributed by atoms with van der Waals surface area (Å²) in [6, 6.07) is 66.6. The van der Waals surface area contributed by atoms with Gasteiger partial charge in [-0.1, -0.05) is 143 Å². The highest BCUT2D eigenvalue weighted by atomic mass is 15.1. The van der Waals surface area contributed by atoms with Crippen LogP contribution in [0.15, 0.2) is 182 Å². The van der Waals surface area contributed by atoms with Crippen molar-refractivity contribution in [3.8, 4) is 33.9 Å². The number of benzene rings is 9. The van der Waals surface area contributed by atoms with E-state index in [0.717, 1.165) is 63.1 Å². The third-order valence-corrected chi connectivity index (χ3v) is 14.5. The summed E-state index contributed by atoms with van der Waals surface area (Å²) in [5.41, 5.74) is 14.9. The van der Waals surface area contributed by atoms with Crippen molar-refractivity contribution in [1.29, 1.82) is 0 Å². The van der Waals surface area contributed by atoms with Crippen LogP contribution >= 0.6 is 0 Å². The van der Waals surface area contributed by atoms with Crippen LogP contribution in [-0.2, 0) is 10.8 Å². The highest BCUT2D eigenvalue weighted by Gasteiger charge is 2.38. The molecule has 4 nitrogen and oxygen atoms in total. The van der Waals surface area contributed by atoms with Crippen molar-refractivity contribution in [2.75, 3.05) is 0 Å². The minimum atomic E-state index is 0.0490. The van der Waals surface area contributed by atoms with Crippen LogP contribution in [0.3, 0.4) is 0 Å². The van der Waals surface area contributed by atoms with Gasteiger partial charge in [0.2, 0.25) is 0 Å². The van der Waals surface area contributed by atoms with E-state index in [1.54, 1.807) is 0 Å². The van der Waals surface area contributed by atoms with Crippen LogP contribution in [0, 0.1) is 0 Å². The van der Waals surface area contributed by atoms with Gasteiger partial charge in [-0.05, 0) is 134 Å². The summed E-state index contributed by atoms with van der Waals surface area (Å²) in [4.78, 5) is 11.1. The number of hydrogen-bond donors (Lipinski definition) is 0. The molecule has 1 aliphatic rings. The Labute approximate surface area is 372 Å². The molecule has 0 radical (unpaired) electrons. The van der Waals surface area contributed by atoms with Crippen LogP contribution in [0.25, 0.3) is 110 Å². The Hall–Kier alpha value is -7.56. The number of aromatic nitrogens is 4. The molecule has 0 bridgehead atoms. The molecular weight excluding hydrogens is 777 g/mol. The average molecular weight is 823 g/mol. The molecule has 9 aromatic carbocycles. The SMILES string of the molecule is CC1(C)CCC(C)(C)c2cc3c(cc21)c1c2c4c5ccccc5ccc4n(-c4nc5ccccc5nc4-c4ccc5cc(-c6ccccc6)ccc5c4)c2ccc1n3-c1ccccc1. The van der Waals surface area contributed by atoms with Crippen LogP contribution in [0.2, 0.25) is 0 Å². The maximum Gasteiger partial charge on any atom is 0.165 e. The van der Waals surface area contributed by atoms with Crippen molar-refractivity contribution in [3.63, 3.8) is 0 Å². The van der Waals surface area contributed by atoms with Gasteiger partial charge in [-0.3, -0.25) is 4.57 Å². The fourth-order valence-corrected chi connectivity index (χ4v) is 11.1. The lowest BCUT2D eigenvalue weighted by molar-refractivity contribution is 0.332. The monoisotopic (exact) mass is 822 g/mol. The standard InChI is InChI=1S/C60H46N4/c1-59(2)31-32-60(3,4)47-36-53-45(35-46(47)59)55-50(63(53)43-18-9-6-10-19-43)29-30-52-56(55)54-44-20-12-11-17-38(44)27-28-51(54)64(52)58-57(61-48-21-13-14-22-49(48)62-58)42-26-25-40-33-39(23-24-41(40)34-42)37-15-7-5-8-16-37/h5-30,33-36H,31-32H2,1-4H3. The molecule has 4 heteroatoms. The Morgan fingerprint density at radius 2 is 0.938 bits per heavy atom. The molecule has 0 N–H and O–H groups in total. The van der Waals surface area contributed by atoms with Crippen LogP contribution in [0.4, 0.5) is 0 Å². The molecular formula is C60H46N4. The van der Waals surface area contributed by atoms with E-state index in [1.807, 2.05) is 0 Å². The first kappa shape index (κ1) is 37.0. The van der Waals surface area contributed by atoms with Crippen molar-refractivity contribution < 1.29 is 0 Å². The number of fused-ring (bicyclic) bond motifs is 12. The zero-order valence-electron chi connectivity index (χ0n) is 36.5. The molecule has 0 saturated heterocycles. The fourth-order valence-electron chi connectivity index (χ4n) is 11.1. The molecule has 0 unspecified atom stereocenters. The summed E-state index contributed by atoms with van der Waals surface area (Å²) < 4.78 is 4.92. The number of nitrogens with zero attached hydrogens (tertiary/aromatic N) is 4. The van der Waals surface area contributed by atoms with Gasteiger partial charge >= 0.3 is 0 Å². The molecule has 12 aromatic rings. The fraction of sp³-hybridized carbons (Fsp3) is 0.133. The Bertz CT molecular complexity index is 3890. The average Bonchev–Trinajstić information content (AvgIpc) is 3.85. The van der Waals surface area contributed by atoms with Gasteiger partial charge in [-0.15, -0.1) is 0 Å². The Kier molecular flexibility index (Phi) is 7.80. The zero-order chi connectivity index (χ0) is 42.9. The molecule has 0 aliphatic heterocycles. The topological polar surface area (TPSA) is 35.6 Å². The zero-order valence-corrected chi connectivity index (χ0v) is 36.5. The van der Waals surface area contributed by atoms with Crippen molar-refractivity contribution >= 4 is 76.2 Å². The Balaban J connectivity index is 1.17. The minimum absolute atomic E-state index is 0.0490. The lowest BCUT2D eigenvalue weighted by Gasteiger charge is -2.42. The predicted octanol–water partition coefficient (Wildman–Crippen LogP) is 15.8. The molecule has 0 saturated carbocycles. The van der Waals surface area contributed by atoms with Gasteiger partial charge in [0.25, 0.3) is 0 Å². The molecule has 1 aliphatic carbocycles. The molecule has 0 amide bonds. The maximum atomic E-state index is 5.59. The molecule has 0 spiro atoms. The Morgan fingerprint density at radius 3 is 1.69 bits per heavy atom. The highest BCUT2D eigenvalue weighted by molar-refractivity contribution is 6.33. The minimum Gasteiger partial charge on any atom is -0.309 e. The molecule has 0 atom stereocenters. The lowest BCUT2D eigenvalue weighted by atomic mass is 9.63. The first-order valence-corrected chi connectivity index (χ1v) is 22.6. The van der Waals surface area contributed by atoms with E-state index in [4.69, 9.17) is 9.97 Å². The predicted molar refractivity (Wildman–Crippen MR) is 269 cm³/mol. The smallest absolute Gasteiger partial charge is 0.165 e. The summed E-state index contributed by atoms with van der Waals surface area (Å²) in [6.45, 7) is 9.74. The second kappa shape index (κ2) is 13.5. The van der Waals surface area contributed by atoms with Gasteiger partial charge in [-0.2, -0.15) is 0 Å². The molecule has 13 rings (SSSR count). The Morgan fingerprint density at radius 1 is 0.391 bits per heavy atom. The third-order valence-electron chi connectivity index (χ3n) is 14.5. The summed E-state index contributed by atoms with van der Waals surface area (Å²) >= 11 is 0. The van der Waals surface area contributed by atoms with E-state index >= 15 is 0 Å². The van der Waals surface area contributed by atoms with E-state index in [1.165, 1.54) is 71.0 Å². The van der Waals surface area contributed by atoms with E-state index in [9.17, 15) is 0 Å². The molecule has 64 heavy (non-hydrogen) atoms. The van der Waals surface area contributed by atoms with Crippen LogP contribution < -0.4 is 0 Å². The molecule has 3 aromatic heterocycles. The van der Waals surface area contributed by atoms with Crippen molar-refractivity contribution in [2.24, 2.45) is 0 Å². The molecule has 0 fully saturated rings. The summed E-state index contributed by atoms with van der Waals surface area (Å²) in [5, 5.41) is 9.83.